The van der Waals surface area contributed by atoms with Gasteiger partial charge in [0.15, 0.2) is 5.13 Å². The number of nitrogens with one attached hydrogen (secondary N) is 1. The van der Waals surface area contributed by atoms with Crippen LogP contribution in [0.25, 0.3) is 0 Å². The van der Waals surface area contributed by atoms with Gasteiger partial charge in [-0.05, 0) is 6.42 Å². The third-order valence-electron chi connectivity index (χ3n) is 3.11. The van der Waals surface area contributed by atoms with Crippen LogP contribution in [0.3, 0.4) is 0 Å². The smallest absolute Gasteiger partial charge is 0.223 e. The number of ether oxygens (including phenoxy) is 1. The summed E-state index contributed by atoms with van der Waals surface area (Å²) in [6.45, 7) is 5.37. The van der Waals surface area contributed by atoms with E-state index in [1.54, 1.807) is 11.3 Å². The molecule has 0 spiro atoms. The maximum Gasteiger partial charge on any atom is 0.223 e. The molecule has 1 fully saturated rings. The standard InChI is InChI=1S/C12H18N3O2S.Al.2H/c1-9-7-15(4-3-5-17-9)8-11-6-13-12(18-11)14-10(2)16;;;/h6,9H,1,3-5,7-8H2,2H3,(H,13,14,16);;;. The zero-order chi connectivity index (χ0) is 13.7. The lowest BCUT2D eigenvalue weighted by atomic mass is 10.3. The first-order valence-electron chi connectivity index (χ1n) is 6.73. The van der Waals surface area contributed by atoms with Gasteiger partial charge in [-0.3, -0.25) is 9.69 Å². The van der Waals surface area contributed by atoms with Crippen LogP contribution in [-0.4, -0.2) is 57.9 Å². The number of nitrogens with zero attached hydrogens (tertiary/aromatic N) is 2. The lowest BCUT2D eigenvalue weighted by molar-refractivity contribution is -0.114. The number of thiazole rings is 1. The Bertz CT molecular complexity index is 427. The van der Waals surface area contributed by atoms with E-state index in [0.29, 0.717) is 11.2 Å². The molecule has 5 nitrogen and oxygen atoms in total. The first-order valence-corrected chi connectivity index (χ1v) is 8.96. The number of amides is 1. The number of aromatic nitrogens is 1. The van der Waals surface area contributed by atoms with E-state index in [4.69, 9.17) is 4.74 Å². The molecule has 0 aromatic carbocycles. The van der Waals surface area contributed by atoms with E-state index in [1.807, 2.05) is 6.20 Å². The third kappa shape index (κ3) is 4.86. The third-order valence-corrected chi connectivity index (χ3v) is 4.91. The first-order chi connectivity index (χ1) is 9.17. The number of rotatable bonds is 4. The Hall–Kier alpha value is -0.448. The highest BCUT2D eigenvalue weighted by Gasteiger charge is 2.18. The minimum Gasteiger partial charge on any atom is -0.378 e. The molecule has 0 aliphatic carbocycles. The van der Waals surface area contributed by atoms with Gasteiger partial charge in [-0.25, -0.2) is 4.98 Å². The second kappa shape index (κ2) is 7.37. The highest BCUT2D eigenvalue weighted by Crippen LogP contribution is 2.21. The minimum atomic E-state index is -0.0694. The van der Waals surface area contributed by atoms with Crippen LogP contribution >= 0.6 is 11.3 Å². The highest BCUT2D eigenvalue weighted by atomic mass is 32.1. The number of hydrogen-bond donors (Lipinski definition) is 1. The van der Waals surface area contributed by atoms with Crippen LogP contribution in [0.2, 0.25) is 5.28 Å². The molecule has 1 saturated heterocycles. The van der Waals surface area contributed by atoms with Crippen molar-refractivity contribution in [1.82, 2.24) is 9.88 Å². The van der Waals surface area contributed by atoms with E-state index in [9.17, 15) is 4.79 Å². The lowest BCUT2D eigenvalue weighted by Gasteiger charge is -2.22. The molecule has 2 rings (SSSR count). The van der Waals surface area contributed by atoms with E-state index < -0.39 is 0 Å². The van der Waals surface area contributed by atoms with E-state index in [1.165, 1.54) is 33.4 Å². The molecule has 19 heavy (non-hydrogen) atoms. The molecule has 1 aliphatic heterocycles. The highest BCUT2D eigenvalue weighted by molar-refractivity contribution is 7.15. The summed E-state index contributed by atoms with van der Waals surface area (Å²) in [5.41, 5.74) is 0. The fourth-order valence-corrected chi connectivity index (χ4v) is 3.57. The molecule has 7 heteroatoms. The second-order valence-corrected chi connectivity index (χ2v) is 6.73. The fourth-order valence-electron chi connectivity index (χ4n) is 2.17. The van der Waals surface area contributed by atoms with Gasteiger partial charge in [0, 0.05) is 44.2 Å². The van der Waals surface area contributed by atoms with Gasteiger partial charge in [-0.1, -0.05) is 5.28 Å². The summed E-state index contributed by atoms with van der Waals surface area (Å²) in [4.78, 5) is 18.8. The summed E-state index contributed by atoms with van der Waals surface area (Å²) >= 11 is 2.74. The minimum absolute atomic E-state index is 0.0694. The monoisotopic (exact) mass is 297 g/mol. The molecule has 1 atom stereocenters. The SMILES string of the molecule is CC(=O)Nc1ncc(CN2CCCOC([CH2][AlH2])C2)s1. The Labute approximate surface area is 125 Å². The van der Waals surface area contributed by atoms with Gasteiger partial charge in [-0.2, -0.15) is 0 Å². The maximum absolute atomic E-state index is 11.0. The Morgan fingerprint density at radius 2 is 2.58 bits per heavy atom. The van der Waals surface area contributed by atoms with Crippen molar-refractivity contribution in [2.45, 2.75) is 31.3 Å². The zero-order valence-electron chi connectivity index (χ0n) is 11.5. The molecule has 2 heterocycles. The quantitative estimate of drug-likeness (QED) is 0.833. The number of hydrogen-bond acceptors (Lipinski definition) is 5. The average Bonchev–Trinajstić information content (AvgIpc) is 2.66. The number of carbonyl (C=O) groups excluding carboxylic acids is 1. The van der Waals surface area contributed by atoms with Crippen LogP contribution in [-0.2, 0) is 16.1 Å². The van der Waals surface area contributed by atoms with Crippen LogP contribution in [0.5, 0.6) is 0 Å². The van der Waals surface area contributed by atoms with Gasteiger partial charge >= 0.3 is 0 Å². The summed E-state index contributed by atoms with van der Waals surface area (Å²) in [5, 5.41) is 4.60. The Balaban J connectivity index is 1.91. The molecule has 1 N–H and O–H groups in total. The van der Waals surface area contributed by atoms with Gasteiger partial charge < -0.3 is 10.1 Å². The van der Waals surface area contributed by atoms with Crippen LogP contribution in [0.4, 0.5) is 5.13 Å². The Morgan fingerprint density at radius 1 is 1.74 bits per heavy atom. The molecule has 1 unspecified atom stereocenters. The van der Waals surface area contributed by atoms with E-state index in [-0.39, 0.29) is 5.91 Å². The summed E-state index contributed by atoms with van der Waals surface area (Å²) < 4.78 is 5.80. The molecule has 1 aromatic rings. The molecular formula is C12H20AlN3O2S. The van der Waals surface area contributed by atoms with Gasteiger partial charge in [0.05, 0.1) is 6.10 Å². The summed E-state index contributed by atoms with van der Waals surface area (Å²) in [5.74, 6) is -0.0694. The van der Waals surface area contributed by atoms with E-state index >= 15 is 0 Å². The van der Waals surface area contributed by atoms with E-state index in [0.717, 1.165) is 32.7 Å². The van der Waals surface area contributed by atoms with Crippen LogP contribution in [0.1, 0.15) is 18.2 Å². The van der Waals surface area contributed by atoms with Crippen molar-refractivity contribution in [3.05, 3.63) is 11.1 Å². The topological polar surface area (TPSA) is 54.5 Å². The molecule has 0 radical (unpaired) electrons. The lowest BCUT2D eigenvalue weighted by Crippen LogP contribution is -2.30. The predicted octanol–water partition coefficient (Wildman–Crippen LogP) is 0.744. The van der Waals surface area contributed by atoms with E-state index in [2.05, 4.69) is 15.2 Å². The number of carbonyl (C=O) groups is 1. The largest absolute Gasteiger partial charge is 0.378 e. The molecule has 1 amide bonds. The zero-order valence-corrected chi connectivity index (χ0v) is 14.3. The molecule has 104 valence electrons. The van der Waals surface area contributed by atoms with Crippen LogP contribution < -0.4 is 5.32 Å². The van der Waals surface area contributed by atoms with Crippen molar-refractivity contribution < 1.29 is 9.53 Å². The van der Waals surface area contributed by atoms with Crippen molar-refractivity contribution in [3.8, 4) is 0 Å². The number of anilines is 1. The van der Waals surface area contributed by atoms with Crippen molar-refractivity contribution in [2.75, 3.05) is 25.0 Å². The fraction of sp³-hybridized carbons (Fsp3) is 0.667. The van der Waals surface area contributed by atoms with Crippen molar-refractivity contribution >= 4 is 38.7 Å². The Morgan fingerprint density at radius 3 is 3.32 bits per heavy atom. The first kappa shape index (κ1) is 15.0. The van der Waals surface area contributed by atoms with Crippen molar-refractivity contribution in [3.63, 3.8) is 0 Å². The van der Waals surface area contributed by atoms with Gasteiger partial charge in [0.1, 0.15) is 0 Å². The maximum atomic E-state index is 11.0. The molecular weight excluding hydrogens is 277 g/mol. The van der Waals surface area contributed by atoms with Gasteiger partial charge in [-0.15, -0.1) is 11.3 Å². The van der Waals surface area contributed by atoms with Crippen molar-refractivity contribution in [1.29, 1.82) is 0 Å². The molecule has 1 aliphatic rings. The summed E-state index contributed by atoms with van der Waals surface area (Å²) in [6.07, 6.45) is 3.35. The van der Waals surface area contributed by atoms with Crippen LogP contribution in [0.15, 0.2) is 6.20 Å². The van der Waals surface area contributed by atoms with Crippen LogP contribution in [0, 0.1) is 0 Å². The average molecular weight is 297 g/mol. The summed E-state index contributed by atoms with van der Waals surface area (Å²) in [7, 11) is 0. The van der Waals surface area contributed by atoms with Gasteiger partial charge in [0.2, 0.25) is 22.2 Å². The molecule has 0 bridgehead atoms. The Kier molecular flexibility index (Phi) is 5.80. The normalized spacial score (nSPS) is 21.0. The van der Waals surface area contributed by atoms with Crippen molar-refractivity contribution in [2.24, 2.45) is 0 Å². The van der Waals surface area contributed by atoms with Gasteiger partial charge in [0.25, 0.3) is 0 Å². The predicted molar refractivity (Wildman–Crippen MR) is 79.4 cm³/mol. The second-order valence-electron chi connectivity index (χ2n) is 4.80. The molecule has 0 saturated carbocycles. The molecule has 1 aromatic heterocycles. The summed E-state index contributed by atoms with van der Waals surface area (Å²) in [6, 6.07) is 0.